The van der Waals surface area contributed by atoms with Crippen LogP contribution < -0.4 is 10.6 Å². The number of aromatic nitrogens is 1. The highest BCUT2D eigenvalue weighted by Crippen LogP contribution is 2.25. The summed E-state index contributed by atoms with van der Waals surface area (Å²) in [6, 6.07) is 13.2. The standard InChI is InChI=1S/C23H31N5OS/c1-24-23(25-10-4-6-18-16-26-20-8-3-2-7-19(18)20)27-17-21(22-9-5-15-30-22)28-11-13-29-14-12-28/h2-3,5,7-9,15-16,21,26H,4,6,10-14,17H2,1H3,(H2,24,25,27). The summed E-state index contributed by atoms with van der Waals surface area (Å²) >= 11 is 1.82. The predicted octanol–water partition coefficient (Wildman–Crippen LogP) is 3.40. The van der Waals surface area contributed by atoms with Crippen molar-refractivity contribution in [2.24, 2.45) is 4.99 Å². The third kappa shape index (κ3) is 5.22. The number of para-hydroxylation sites is 1. The molecule has 3 N–H and O–H groups in total. The van der Waals surface area contributed by atoms with E-state index in [1.807, 2.05) is 18.4 Å². The van der Waals surface area contributed by atoms with Crippen LogP contribution >= 0.6 is 11.3 Å². The van der Waals surface area contributed by atoms with Crippen molar-refractivity contribution in [2.45, 2.75) is 18.9 Å². The summed E-state index contributed by atoms with van der Waals surface area (Å²) in [4.78, 5) is 11.7. The number of aryl methyl sites for hydroxylation is 1. The molecule has 1 aliphatic heterocycles. The second kappa shape index (κ2) is 10.6. The van der Waals surface area contributed by atoms with E-state index in [-0.39, 0.29) is 0 Å². The second-order valence-electron chi connectivity index (χ2n) is 7.52. The second-order valence-corrected chi connectivity index (χ2v) is 8.50. The van der Waals surface area contributed by atoms with E-state index in [2.05, 4.69) is 73.5 Å². The van der Waals surface area contributed by atoms with Gasteiger partial charge in [0.25, 0.3) is 0 Å². The molecule has 2 aromatic heterocycles. The Labute approximate surface area is 182 Å². The quantitative estimate of drug-likeness (QED) is 0.294. The minimum atomic E-state index is 0.346. The summed E-state index contributed by atoms with van der Waals surface area (Å²) in [5.74, 6) is 0.865. The number of thiophene rings is 1. The molecule has 1 saturated heterocycles. The number of nitrogens with one attached hydrogen (secondary N) is 3. The number of hydrogen-bond donors (Lipinski definition) is 3. The van der Waals surface area contributed by atoms with Crippen molar-refractivity contribution in [3.63, 3.8) is 0 Å². The van der Waals surface area contributed by atoms with Gasteiger partial charge in [0.2, 0.25) is 0 Å². The van der Waals surface area contributed by atoms with Gasteiger partial charge in [0, 0.05) is 55.2 Å². The maximum Gasteiger partial charge on any atom is 0.191 e. The van der Waals surface area contributed by atoms with Crippen molar-refractivity contribution in [3.8, 4) is 0 Å². The van der Waals surface area contributed by atoms with Gasteiger partial charge < -0.3 is 20.4 Å². The highest BCUT2D eigenvalue weighted by molar-refractivity contribution is 7.10. The van der Waals surface area contributed by atoms with Crippen molar-refractivity contribution in [3.05, 3.63) is 58.4 Å². The molecule has 0 aliphatic carbocycles. The van der Waals surface area contributed by atoms with Gasteiger partial charge in [0.15, 0.2) is 5.96 Å². The van der Waals surface area contributed by atoms with Crippen molar-refractivity contribution in [1.29, 1.82) is 0 Å². The van der Waals surface area contributed by atoms with Crippen LogP contribution in [0.15, 0.2) is 53.0 Å². The summed E-state index contributed by atoms with van der Waals surface area (Å²) in [6.45, 7) is 5.29. The van der Waals surface area contributed by atoms with Crippen molar-refractivity contribution < 1.29 is 4.74 Å². The van der Waals surface area contributed by atoms with Gasteiger partial charge in [-0.3, -0.25) is 9.89 Å². The molecule has 160 valence electrons. The highest BCUT2D eigenvalue weighted by atomic mass is 32.1. The largest absolute Gasteiger partial charge is 0.379 e. The van der Waals surface area contributed by atoms with Crippen LogP contribution in [-0.4, -0.2) is 62.3 Å². The molecule has 1 aromatic carbocycles. The number of H-pyrrole nitrogens is 1. The van der Waals surface area contributed by atoms with Crippen molar-refractivity contribution in [1.82, 2.24) is 20.5 Å². The lowest BCUT2D eigenvalue weighted by Crippen LogP contribution is -2.46. The molecular weight excluding hydrogens is 394 g/mol. The third-order valence-corrected chi connectivity index (χ3v) is 6.61. The molecule has 3 heterocycles. The summed E-state index contributed by atoms with van der Waals surface area (Å²) in [5.41, 5.74) is 2.58. The van der Waals surface area contributed by atoms with Gasteiger partial charge >= 0.3 is 0 Å². The first-order valence-corrected chi connectivity index (χ1v) is 11.6. The van der Waals surface area contributed by atoms with Gasteiger partial charge in [-0.15, -0.1) is 11.3 Å². The van der Waals surface area contributed by atoms with E-state index >= 15 is 0 Å². The number of benzene rings is 1. The topological polar surface area (TPSA) is 64.7 Å². The molecule has 0 saturated carbocycles. The molecule has 7 heteroatoms. The third-order valence-electron chi connectivity index (χ3n) is 5.63. The molecule has 3 aromatic rings. The van der Waals surface area contributed by atoms with Crippen molar-refractivity contribution in [2.75, 3.05) is 46.4 Å². The zero-order valence-electron chi connectivity index (χ0n) is 17.6. The molecule has 4 rings (SSSR count). The lowest BCUT2D eigenvalue weighted by atomic mass is 10.1. The lowest BCUT2D eigenvalue weighted by Gasteiger charge is -2.34. The first-order chi connectivity index (χ1) is 14.8. The number of aliphatic imine (C=N–C) groups is 1. The van der Waals surface area contributed by atoms with Crippen LogP contribution in [0.1, 0.15) is 22.9 Å². The Hall–Kier alpha value is -2.35. The summed E-state index contributed by atoms with van der Waals surface area (Å²) in [6.07, 6.45) is 4.23. The van der Waals surface area contributed by atoms with E-state index in [0.717, 1.165) is 58.2 Å². The minimum absolute atomic E-state index is 0.346. The van der Waals surface area contributed by atoms with Gasteiger partial charge in [-0.25, -0.2) is 0 Å². The molecule has 6 nitrogen and oxygen atoms in total. The maximum atomic E-state index is 5.54. The van der Waals surface area contributed by atoms with E-state index in [1.165, 1.54) is 21.3 Å². The minimum Gasteiger partial charge on any atom is -0.379 e. The Bertz CT molecular complexity index is 930. The molecule has 0 spiro atoms. The number of fused-ring (bicyclic) bond motifs is 1. The Balaban J connectivity index is 1.26. The molecule has 0 amide bonds. The maximum absolute atomic E-state index is 5.54. The summed E-state index contributed by atoms with van der Waals surface area (Å²) in [5, 5.41) is 10.5. The number of nitrogens with zero attached hydrogens (tertiary/aromatic N) is 2. The smallest absolute Gasteiger partial charge is 0.191 e. The first-order valence-electron chi connectivity index (χ1n) is 10.7. The fourth-order valence-corrected chi connectivity index (χ4v) is 4.88. The summed E-state index contributed by atoms with van der Waals surface area (Å²) < 4.78 is 5.54. The molecule has 0 bridgehead atoms. The Morgan fingerprint density at radius 3 is 2.87 bits per heavy atom. The number of aromatic amines is 1. The van der Waals surface area contributed by atoms with E-state index in [0.29, 0.717) is 6.04 Å². The zero-order valence-corrected chi connectivity index (χ0v) is 18.4. The molecule has 1 aliphatic rings. The Morgan fingerprint density at radius 1 is 1.20 bits per heavy atom. The van der Waals surface area contributed by atoms with Gasteiger partial charge in [-0.2, -0.15) is 0 Å². The molecular formula is C23H31N5OS. The van der Waals surface area contributed by atoms with Gasteiger partial charge in [-0.05, 0) is 35.9 Å². The number of ether oxygens (including phenoxy) is 1. The zero-order chi connectivity index (χ0) is 20.6. The van der Waals surface area contributed by atoms with Gasteiger partial charge in [0.05, 0.1) is 19.3 Å². The molecule has 1 unspecified atom stereocenters. The fraction of sp³-hybridized carbons (Fsp3) is 0.435. The fourth-order valence-electron chi connectivity index (χ4n) is 4.02. The van der Waals surface area contributed by atoms with Crippen LogP contribution in [0.5, 0.6) is 0 Å². The number of rotatable bonds is 8. The van der Waals surface area contributed by atoms with Crippen LogP contribution in [0, 0.1) is 0 Å². The van der Waals surface area contributed by atoms with E-state index in [9.17, 15) is 0 Å². The predicted molar refractivity (Wildman–Crippen MR) is 125 cm³/mol. The molecule has 0 radical (unpaired) electrons. The SMILES string of the molecule is CN=C(NCCCc1c[nH]c2ccccc12)NCC(c1cccs1)N1CCOCC1. The van der Waals surface area contributed by atoms with E-state index < -0.39 is 0 Å². The average molecular weight is 426 g/mol. The van der Waals surface area contributed by atoms with Gasteiger partial charge in [0.1, 0.15) is 0 Å². The highest BCUT2D eigenvalue weighted by Gasteiger charge is 2.23. The van der Waals surface area contributed by atoms with Crippen molar-refractivity contribution >= 4 is 28.2 Å². The summed E-state index contributed by atoms with van der Waals surface area (Å²) in [7, 11) is 1.84. The monoisotopic (exact) mass is 425 g/mol. The van der Waals surface area contributed by atoms with Crippen LogP contribution in [-0.2, 0) is 11.2 Å². The number of guanidine groups is 1. The van der Waals surface area contributed by atoms with Crippen LogP contribution in [0.25, 0.3) is 10.9 Å². The first kappa shape index (κ1) is 20.9. The molecule has 1 atom stereocenters. The Morgan fingerprint density at radius 2 is 2.07 bits per heavy atom. The van der Waals surface area contributed by atoms with Crippen LogP contribution in [0.4, 0.5) is 0 Å². The van der Waals surface area contributed by atoms with E-state index in [1.54, 1.807) is 0 Å². The van der Waals surface area contributed by atoms with E-state index in [4.69, 9.17) is 4.74 Å². The number of hydrogen-bond acceptors (Lipinski definition) is 4. The molecule has 1 fully saturated rings. The van der Waals surface area contributed by atoms with Crippen LogP contribution in [0.3, 0.4) is 0 Å². The van der Waals surface area contributed by atoms with Crippen LogP contribution in [0.2, 0.25) is 0 Å². The molecule has 30 heavy (non-hydrogen) atoms. The number of morpholine rings is 1. The normalized spacial score (nSPS) is 16.6. The lowest BCUT2D eigenvalue weighted by molar-refractivity contribution is 0.0177. The van der Waals surface area contributed by atoms with Gasteiger partial charge in [-0.1, -0.05) is 24.3 Å². The Kier molecular flexibility index (Phi) is 7.39. The average Bonchev–Trinajstić information content (AvgIpc) is 3.47.